The van der Waals surface area contributed by atoms with Crippen molar-refractivity contribution in [3.8, 4) is 0 Å². The van der Waals surface area contributed by atoms with Crippen LogP contribution in [0.5, 0.6) is 0 Å². The highest BCUT2D eigenvalue weighted by Gasteiger charge is 2.32. The largest absolute Gasteiger partial charge is 0.376 e. The van der Waals surface area contributed by atoms with Gasteiger partial charge in [-0.05, 0) is 24.3 Å². The molecule has 1 N–H and O–H groups in total. The SMILES string of the molecule is O=C1Nc2cccc(F)c2C1=CN(c1ccccc1)N1CCOCC1F. The van der Waals surface area contributed by atoms with Gasteiger partial charge in [0, 0.05) is 18.3 Å². The number of para-hydroxylation sites is 1. The Hall–Kier alpha value is -2.77. The summed E-state index contributed by atoms with van der Waals surface area (Å²) >= 11 is 0. The number of benzene rings is 2. The van der Waals surface area contributed by atoms with E-state index in [1.54, 1.807) is 23.2 Å². The van der Waals surface area contributed by atoms with E-state index in [0.29, 0.717) is 24.5 Å². The number of amides is 1. The molecule has 1 amide bonds. The molecular weight excluding hydrogens is 340 g/mol. The number of fused-ring (bicyclic) bond motifs is 1. The predicted octanol–water partition coefficient (Wildman–Crippen LogP) is 3.17. The molecule has 0 radical (unpaired) electrons. The first-order valence-corrected chi connectivity index (χ1v) is 8.30. The lowest BCUT2D eigenvalue weighted by molar-refractivity contribution is -0.110. The van der Waals surface area contributed by atoms with Crippen molar-refractivity contribution >= 4 is 22.9 Å². The zero-order valence-electron chi connectivity index (χ0n) is 13.9. The summed E-state index contributed by atoms with van der Waals surface area (Å²) in [4.78, 5) is 12.4. The summed E-state index contributed by atoms with van der Waals surface area (Å²) in [6.07, 6.45) is 0.114. The van der Waals surface area contributed by atoms with Crippen LogP contribution in [0.4, 0.5) is 20.2 Å². The number of carbonyl (C=O) groups is 1. The van der Waals surface area contributed by atoms with Crippen molar-refractivity contribution in [2.24, 2.45) is 0 Å². The third kappa shape index (κ3) is 2.95. The summed E-state index contributed by atoms with van der Waals surface area (Å²) in [7, 11) is 0. The molecule has 7 heteroatoms. The van der Waals surface area contributed by atoms with E-state index in [1.165, 1.54) is 23.3 Å². The number of carbonyl (C=O) groups excluding carboxylic acids is 1. The lowest BCUT2D eigenvalue weighted by atomic mass is 10.1. The van der Waals surface area contributed by atoms with Crippen LogP contribution in [0.1, 0.15) is 5.56 Å². The lowest BCUT2D eigenvalue weighted by Gasteiger charge is -2.39. The van der Waals surface area contributed by atoms with Gasteiger partial charge in [-0.15, -0.1) is 0 Å². The summed E-state index contributed by atoms with van der Waals surface area (Å²) in [6.45, 7) is 0.610. The van der Waals surface area contributed by atoms with Crippen molar-refractivity contribution in [3.63, 3.8) is 0 Å². The van der Waals surface area contributed by atoms with Crippen LogP contribution in [0.2, 0.25) is 0 Å². The molecule has 0 saturated carbocycles. The predicted molar refractivity (Wildman–Crippen MR) is 94.3 cm³/mol. The molecule has 134 valence electrons. The third-order valence-electron chi connectivity index (χ3n) is 4.37. The average molecular weight is 357 g/mol. The van der Waals surface area contributed by atoms with Gasteiger partial charge in [-0.2, -0.15) is 5.01 Å². The highest BCUT2D eigenvalue weighted by molar-refractivity contribution is 6.31. The van der Waals surface area contributed by atoms with Gasteiger partial charge in [0.05, 0.1) is 30.2 Å². The van der Waals surface area contributed by atoms with Gasteiger partial charge in [0.15, 0.2) is 6.30 Å². The molecule has 2 aliphatic rings. The molecule has 2 heterocycles. The normalized spacial score (nSPS) is 21.5. The Balaban J connectivity index is 1.81. The number of nitrogens with zero attached hydrogens (tertiary/aromatic N) is 2. The summed E-state index contributed by atoms with van der Waals surface area (Å²) in [5.74, 6) is -0.923. The van der Waals surface area contributed by atoms with Crippen LogP contribution in [0.15, 0.2) is 54.7 Å². The minimum Gasteiger partial charge on any atom is -0.376 e. The van der Waals surface area contributed by atoms with Crippen molar-refractivity contribution in [1.82, 2.24) is 5.01 Å². The molecule has 1 atom stereocenters. The molecule has 1 fully saturated rings. The number of morpholine rings is 1. The maximum atomic E-state index is 14.5. The molecule has 5 nitrogen and oxygen atoms in total. The molecule has 2 aromatic rings. The van der Waals surface area contributed by atoms with Crippen molar-refractivity contribution in [2.75, 3.05) is 30.1 Å². The second-order valence-electron chi connectivity index (χ2n) is 6.01. The number of rotatable bonds is 3. The Morgan fingerprint density at radius 3 is 2.77 bits per heavy atom. The first kappa shape index (κ1) is 16.7. The molecule has 1 unspecified atom stereocenters. The molecule has 0 aliphatic carbocycles. The fourth-order valence-electron chi connectivity index (χ4n) is 3.14. The van der Waals surface area contributed by atoms with Crippen LogP contribution >= 0.6 is 0 Å². The van der Waals surface area contributed by atoms with Crippen molar-refractivity contribution in [1.29, 1.82) is 0 Å². The quantitative estimate of drug-likeness (QED) is 0.677. The van der Waals surface area contributed by atoms with Crippen LogP contribution in [0.25, 0.3) is 5.57 Å². The smallest absolute Gasteiger partial charge is 0.258 e. The molecular formula is C19H17F2N3O2. The number of halogens is 2. The molecule has 0 aromatic heterocycles. The Kier molecular flexibility index (Phi) is 4.40. The van der Waals surface area contributed by atoms with Gasteiger partial charge in [0.2, 0.25) is 0 Å². The minimum atomic E-state index is -1.37. The van der Waals surface area contributed by atoms with Crippen LogP contribution in [0, 0.1) is 5.82 Å². The fraction of sp³-hybridized carbons (Fsp3) is 0.211. The zero-order chi connectivity index (χ0) is 18.1. The van der Waals surface area contributed by atoms with E-state index in [9.17, 15) is 13.6 Å². The number of ether oxygens (including phenoxy) is 1. The van der Waals surface area contributed by atoms with Gasteiger partial charge in [-0.3, -0.25) is 9.80 Å². The third-order valence-corrected chi connectivity index (χ3v) is 4.37. The second-order valence-corrected chi connectivity index (χ2v) is 6.01. The van der Waals surface area contributed by atoms with Gasteiger partial charge in [0.25, 0.3) is 5.91 Å². The van der Waals surface area contributed by atoms with Crippen LogP contribution in [-0.2, 0) is 9.53 Å². The van der Waals surface area contributed by atoms with Crippen LogP contribution < -0.4 is 10.3 Å². The lowest BCUT2D eigenvalue weighted by Crippen LogP contribution is -2.51. The standard InChI is InChI=1S/C19H17F2N3O2/c20-15-7-4-8-16-18(15)14(19(25)22-16)11-24(13-5-2-1-3-6-13)23-9-10-26-12-17(23)21/h1-8,11,17H,9-10,12H2,(H,22,25). The van der Waals surface area contributed by atoms with Crippen molar-refractivity contribution in [3.05, 3.63) is 66.1 Å². The number of alkyl halides is 1. The first-order chi connectivity index (χ1) is 12.6. The average Bonchev–Trinajstić information content (AvgIpc) is 2.98. The maximum absolute atomic E-state index is 14.5. The molecule has 1 saturated heterocycles. The summed E-state index contributed by atoms with van der Waals surface area (Å²) in [6, 6.07) is 13.5. The van der Waals surface area contributed by atoms with Crippen molar-refractivity contribution < 1.29 is 18.3 Å². The molecule has 0 spiro atoms. The van der Waals surface area contributed by atoms with E-state index >= 15 is 0 Å². The topological polar surface area (TPSA) is 44.8 Å². The zero-order valence-corrected chi connectivity index (χ0v) is 13.9. The molecule has 0 bridgehead atoms. The number of hydrogen-bond acceptors (Lipinski definition) is 4. The van der Waals surface area contributed by atoms with Crippen LogP contribution in [0.3, 0.4) is 0 Å². The maximum Gasteiger partial charge on any atom is 0.258 e. The van der Waals surface area contributed by atoms with Crippen molar-refractivity contribution in [2.45, 2.75) is 6.30 Å². The molecule has 4 rings (SSSR count). The summed E-state index contributed by atoms with van der Waals surface area (Å²) < 4.78 is 34.0. The minimum absolute atomic E-state index is 0.0658. The van der Waals surface area contributed by atoms with E-state index in [-0.39, 0.29) is 17.7 Å². The molecule has 2 aliphatic heterocycles. The number of anilines is 2. The molecule has 26 heavy (non-hydrogen) atoms. The van der Waals surface area contributed by atoms with Gasteiger partial charge < -0.3 is 10.1 Å². The van der Waals surface area contributed by atoms with E-state index in [4.69, 9.17) is 4.74 Å². The number of hydrazine groups is 1. The second kappa shape index (κ2) is 6.86. The summed E-state index contributed by atoms with van der Waals surface area (Å²) in [5.41, 5.74) is 1.43. The number of nitrogens with one attached hydrogen (secondary N) is 1. The first-order valence-electron chi connectivity index (χ1n) is 8.30. The van der Waals surface area contributed by atoms with E-state index < -0.39 is 18.0 Å². The molecule has 2 aromatic carbocycles. The Morgan fingerprint density at radius 2 is 2.00 bits per heavy atom. The fourth-order valence-corrected chi connectivity index (χ4v) is 3.14. The van der Waals surface area contributed by atoms with E-state index in [1.807, 2.05) is 18.2 Å². The van der Waals surface area contributed by atoms with Gasteiger partial charge in [-0.25, -0.2) is 8.78 Å². The Bertz CT molecular complexity index is 857. The van der Waals surface area contributed by atoms with Gasteiger partial charge in [0.1, 0.15) is 5.82 Å². The van der Waals surface area contributed by atoms with Gasteiger partial charge >= 0.3 is 0 Å². The van der Waals surface area contributed by atoms with Gasteiger partial charge in [-0.1, -0.05) is 24.3 Å². The van der Waals surface area contributed by atoms with E-state index in [0.717, 1.165) is 0 Å². The summed E-state index contributed by atoms with van der Waals surface area (Å²) in [5, 5.41) is 5.68. The monoisotopic (exact) mass is 357 g/mol. The number of hydrogen-bond donors (Lipinski definition) is 1. The highest BCUT2D eigenvalue weighted by Crippen LogP contribution is 2.35. The van der Waals surface area contributed by atoms with Crippen LogP contribution in [-0.4, -0.2) is 37.0 Å². The van der Waals surface area contributed by atoms with E-state index in [2.05, 4.69) is 5.32 Å². The Labute approximate surface area is 149 Å². The Morgan fingerprint density at radius 1 is 1.19 bits per heavy atom. The highest BCUT2D eigenvalue weighted by atomic mass is 19.1.